The average Bonchev–Trinajstić information content (AvgIpc) is 2.91. The number of primary amides is 1. The Morgan fingerprint density at radius 1 is 1.43 bits per heavy atom. The van der Waals surface area contributed by atoms with E-state index in [1.807, 2.05) is 6.07 Å². The topological polar surface area (TPSA) is 91.2 Å². The number of hydrogen-bond donors (Lipinski definition) is 2. The van der Waals surface area contributed by atoms with Gasteiger partial charge >= 0.3 is 0 Å². The summed E-state index contributed by atoms with van der Waals surface area (Å²) in [6, 6.07) is 6.40. The first-order chi connectivity index (χ1) is 10.1. The van der Waals surface area contributed by atoms with Gasteiger partial charge < -0.3 is 16.2 Å². The Hall–Kier alpha value is -2.47. The molecule has 0 saturated heterocycles. The van der Waals surface area contributed by atoms with Gasteiger partial charge in [-0.1, -0.05) is 0 Å². The van der Waals surface area contributed by atoms with E-state index < -0.39 is 11.7 Å². The maximum atomic E-state index is 14.1. The Balaban J connectivity index is 1.97. The molecular formula is C15H14FN3O2. The summed E-state index contributed by atoms with van der Waals surface area (Å²) in [5, 5.41) is 0. The Morgan fingerprint density at radius 2 is 2.24 bits per heavy atom. The largest absolute Gasteiger partial charge is 0.485 e. The third-order valence-corrected chi connectivity index (χ3v) is 3.46. The van der Waals surface area contributed by atoms with Crippen LogP contribution in [0.4, 0.5) is 4.39 Å². The normalized spacial score (nSPS) is 16.4. The molecule has 0 aliphatic carbocycles. The van der Waals surface area contributed by atoms with Crippen molar-refractivity contribution >= 4 is 5.91 Å². The maximum absolute atomic E-state index is 14.1. The van der Waals surface area contributed by atoms with Crippen LogP contribution in [0.5, 0.6) is 5.75 Å². The third-order valence-electron chi connectivity index (χ3n) is 3.46. The Labute approximate surface area is 120 Å². The minimum atomic E-state index is -0.548. The molecule has 4 N–H and O–H groups in total. The summed E-state index contributed by atoms with van der Waals surface area (Å²) >= 11 is 0. The van der Waals surface area contributed by atoms with Gasteiger partial charge in [-0.25, -0.2) is 4.39 Å². The number of nitrogens with two attached hydrogens (primary N) is 2. The van der Waals surface area contributed by atoms with Gasteiger partial charge in [-0.2, -0.15) is 0 Å². The van der Waals surface area contributed by atoms with Crippen LogP contribution in [0.2, 0.25) is 0 Å². The van der Waals surface area contributed by atoms with E-state index in [4.69, 9.17) is 16.2 Å². The highest BCUT2D eigenvalue weighted by molar-refractivity contribution is 5.92. The number of nitrogens with zero attached hydrogens (tertiary/aromatic N) is 1. The Bertz CT molecular complexity index is 701. The summed E-state index contributed by atoms with van der Waals surface area (Å²) in [5.41, 5.74) is 13.0. The molecule has 2 heterocycles. The predicted octanol–water partition coefficient (Wildman–Crippen LogP) is 1.25. The van der Waals surface area contributed by atoms with Gasteiger partial charge in [-0.05, 0) is 24.3 Å². The molecule has 1 atom stereocenters. The molecule has 0 radical (unpaired) electrons. The van der Waals surface area contributed by atoms with E-state index in [0.717, 1.165) is 5.56 Å². The fourth-order valence-corrected chi connectivity index (χ4v) is 2.38. The van der Waals surface area contributed by atoms with Crippen molar-refractivity contribution in [1.29, 1.82) is 0 Å². The molecule has 1 aliphatic rings. The summed E-state index contributed by atoms with van der Waals surface area (Å²) in [6.45, 7) is 0.342. The molecule has 1 aromatic heterocycles. The van der Waals surface area contributed by atoms with E-state index in [9.17, 15) is 9.18 Å². The van der Waals surface area contributed by atoms with Crippen LogP contribution in [-0.2, 0) is 6.42 Å². The highest BCUT2D eigenvalue weighted by Crippen LogP contribution is 2.35. The number of amides is 1. The molecule has 0 fully saturated rings. The minimum Gasteiger partial charge on any atom is -0.485 e. The van der Waals surface area contributed by atoms with E-state index in [2.05, 4.69) is 4.98 Å². The standard InChI is InChI=1S/C15H14FN3O2/c16-12-5-9(3-10-4-11(6-17)21-14(10)12)13-2-1-8(7-19-13)15(18)20/h1-3,5,7,11H,4,6,17H2,(H2,18,20). The van der Waals surface area contributed by atoms with Crippen molar-refractivity contribution in [2.75, 3.05) is 6.54 Å². The smallest absolute Gasteiger partial charge is 0.250 e. The van der Waals surface area contributed by atoms with Crippen LogP contribution in [-0.4, -0.2) is 23.5 Å². The lowest BCUT2D eigenvalue weighted by atomic mass is 10.0. The van der Waals surface area contributed by atoms with Gasteiger partial charge in [0.15, 0.2) is 11.6 Å². The lowest BCUT2D eigenvalue weighted by Crippen LogP contribution is -2.24. The van der Waals surface area contributed by atoms with Crippen molar-refractivity contribution in [3.05, 3.63) is 47.4 Å². The molecule has 1 unspecified atom stereocenters. The van der Waals surface area contributed by atoms with E-state index in [1.54, 1.807) is 12.1 Å². The first kappa shape index (κ1) is 13.5. The number of aromatic nitrogens is 1. The van der Waals surface area contributed by atoms with E-state index in [0.29, 0.717) is 29.8 Å². The van der Waals surface area contributed by atoms with E-state index in [-0.39, 0.29) is 11.9 Å². The second-order valence-corrected chi connectivity index (χ2v) is 4.92. The molecule has 5 nitrogen and oxygen atoms in total. The Kier molecular flexibility index (Phi) is 3.31. The molecule has 2 aromatic rings. The zero-order valence-corrected chi connectivity index (χ0v) is 11.2. The van der Waals surface area contributed by atoms with Crippen molar-refractivity contribution in [3.8, 4) is 17.0 Å². The van der Waals surface area contributed by atoms with Crippen LogP contribution in [0, 0.1) is 5.82 Å². The average molecular weight is 287 g/mol. The van der Waals surface area contributed by atoms with E-state index >= 15 is 0 Å². The molecular weight excluding hydrogens is 273 g/mol. The van der Waals surface area contributed by atoms with Gasteiger partial charge in [0.25, 0.3) is 0 Å². The molecule has 1 amide bonds. The molecule has 6 heteroatoms. The van der Waals surface area contributed by atoms with Gasteiger partial charge in [-0.15, -0.1) is 0 Å². The lowest BCUT2D eigenvalue weighted by molar-refractivity contribution is 0.1000. The first-order valence-corrected chi connectivity index (χ1v) is 6.54. The maximum Gasteiger partial charge on any atom is 0.250 e. The molecule has 1 aromatic carbocycles. The summed E-state index contributed by atoms with van der Waals surface area (Å²) < 4.78 is 19.5. The van der Waals surface area contributed by atoms with Gasteiger partial charge in [0.05, 0.1) is 11.3 Å². The molecule has 3 rings (SSSR count). The number of carbonyl (C=O) groups is 1. The predicted molar refractivity (Wildman–Crippen MR) is 75.3 cm³/mol. The van der Waals surface area contributed by atoms with Crippen LogP contribution >= 0.6 is 0 Å². The summed E-state index contributed by atoms with van der Waals surface area (Å²) in [6.07, 6.45) is 1.77. The minimum absolute atomic E-state index is 0.185. The molecule has 21 heavy (non-hydrogen) atoms. The Morgan fingerprint density at radius 3 is 2.86 bits per heavy atom. The molecule has 1 aliphatic heterocycles. The summed E-state index contributed by atoms with van der Waals surface area (Å²) in [5.74, 6) is -0.712. The second-order valence-electron chi connectivity index (χ2n) is 4.92. The van der Waals surface area contributed by atoms with Crippen molar-refractivity contribution in [2.45, 2.75) is 12.5 Å². The second kappa shape index (κ2) is 5.14. The van der Waals surface area contributed by atoms with Crippen molar-refractivity contribution in [3.63, 3.8) is 0 Å². The summed E-state index contributed by atoms with van der Waals surface area (Å²) in [4.78, 5) is 15.2. The van der Waals surface area contributed by atoms with Crippen molar-refractivity contribution in [1.82, 2.24) is 4.98 Å². The number of hydrogen-bond acceptors (Lipinski definition) is 4. The number of fused-ring (bicyclic) bond motifs is 1. The molecule has 0 saturated carbocycles. The highest BCUT2D eigenvalue weighted by Gasteiger charge is 2.25. The third kappa shape index (κ3) is 2.45. The number of rotatable bonds is 3. The summed E-state index contributed by atoms with van der Waals surface area (Å²) in [7, 11) is 0. The molecule has 0 spiro atoms. The SMILES string of the molecule is NCC1Cc2cc(-c3ccc(C(N)=O)cn3)cc(F)c2O1. The van der Waals surface area contributed by atoms with Crippen LogP contribution in [0.3, 0.4) is 0 Å². The number of benzene rings is 1. The fourth-order valence-electron chi connectivity index (χ4n) is 2.38. The van der Waals surface area contributed by atoms with Crippen LogP contribution in [0.25, 0.3) is 11.3 Å². The molecule has 108 valence electrons. The van der Waals surface area contributed by atoms with Crippen LogP contribution in [0.1, 0.15) is 15.9 Å². The van der Waals surface area contributed by atoms with Gasteiger partial charge in [-0.3, -0.25) is 9.78 Å². The lowest BCUT2D eigenvalue weighted by Gasteiger charge is -2.07. The highest BCUT2D eigenvalue weighted by atomic mass is 19.1. The monoisotopic (exact) mass is 287 g/mol. The first-order valence-electron chi connectivity index (χ1n) is 6.54. The van der Waals surface area contributed by atoms with Gasteiger partial charge in [0, 0.05) is 30.3 Å². The number of carbonyl (C=O) groups excluding carboxylic acids is 1. The van der Waals surface area contributed by atoms with Gasteiger partial charge in [0.2, 0.25) is 5.91 Å². The number of ether oxygens (including phenoxy) is 1. The fraction of sp³-hybridized carbons (Fsp3) is 0.200. The molecule has 0 bridgehead atoms. The zero-order valence-electron chi connectivity index (χ0n) is 11.2. The zero-order chi connectivity index (χ0) is 15.0. The van der Waals surface area contributed by atoms with Crippen molar-refractivity contribution in [2.24, 2.45) is 11.5 Å². The van der Waals surface area contributed by atoms with Crippen LogP contribution < -0.4 is 16.2 Å². The number of halogens is 1. The van der Waals surface area contributed by atoms with E-state index in [1.165, 1.54) is 12.3 Å². The van der Waals surface area contributed by atoms with Crippen LogP contribution in [0.15, 0.2) is 30.5 Å². The van der Waals surface area contributed by atoms with Crippen molar-refractivity contribution < 1.29 is 13.9 Å². The van der Waals surface area contributed by atoms with Gasteiger partial charge in [0.1, 0.15) is 6.10 Å². The number of pyridine rings is 1. The quantitative estimate of drug-likeness (QED) is 0.888.